The standard InChI is InChI=1S/C25H21ClN2O4/c1-3-32-21-10-5-4-9-20(21)27-23-22(16-11-13-19(31-2)14-12-16)24(29)28(25(23)30)18-8-6-7-17(26)15-18/h4-15,27H,3H2,1-2H3. The Morgan fingerprint density at radius 1 is 0.938 bits per heavy atom. The molecule has 0 unspecified atom stereocenters. The van der Waals surface area contributed by atoms with Crippen LogP contribution in [0.25, 0.3) is 5.57 Å². The molecule has 0 spiro atoms. The lowest BCUT2D eigenvalue weighted by Crippen LogP contribution is -2.32. The maximum atomic E-state index is 13.5. The van der Waals surface area contributed by atoms with E-state index < -0.39 is 11.8 Å². The van der Waals surface area contributed by atoms with Gasteiger partial charge >= 0.3 is 0 Å². The summed E-state index contributed by atoms with van der Waals surface area (Å²) in [6, 6.07) is 20.9. The van der Waals surface area contributed by atoms with Crippen molar-refractivity contribution in [3.63, 3.8) is 0 Å². The van der Waals surface area contributed by atoms with Gasteiger partial charge in [-0.1, -0.05) is 41.9 Å². The van der Waals surface area contributed by atoms with Gasteiger partial charge in [-0.15, -0.1) is 0 Å². The van der Waals surface area contributed by atoms with E-state index in [9.17, 15) is 9.59 Å². The Balaban J connectivity index is 1.83. The number of anilines is 2. The second-order valence-corrected chi connectivity index (χ2v) is 7.39. The summed E-state index contributed by atoms with van der Waals surface area (Å²) >= 11 is 6.12. The Morgan fingerprint density at radius 2 is 1.69 bits per heavy atom. The number of halogens is 1. The zero-order chi connectivity index (χ0) is 22.7. The van der Waals surface area contributed by atoms with Crippen molar-refractivity contribution in [2.24, 2.45) is 0 Å². The summed E-state index contributed by atoms with van der Waals surface area (Å²) in [4.78, 5) is 28.1. The number of nitrogens with one attached hydrogen (secondary N) is 1. The lowest BCUT2D eigenvalue weighted by Gasteiger charge is -2.16. The first-order chi connectivity index (χ1) is 15.5. The number of ether oxygens (including phenoxy) is 2. The fraction of sp³-hybridized carbons (Fsp3) is 0.120. The van der Waals surface area contributed by atoms with Crippen LogP contribution in [0.5, 0.6) is 11.5 Å². The summed E-state index contributed by atoms with van der Waals surface area (Å²) < 4.78 is 10.9. The fourth-order valence-electron chi connectivity index (χ4n) is 3.51. The third-order valence-electron chi connectivity index (χ3n) is 4.98. The lowest BCUT2D eigenvalue weighted by atomic mass is 10.0. The number of amides is 2. The molecule has 0 aliphatic carbocycles. The molecule has 0 fully saturated rings. The van der Waals surface area contributed by atoms with Gasteiger partial charge in [0.1, 0.15) is 17.2 Å². The molecule has 1 N–H and O–H groups in total. The molecular formula is C25H21ClN2O4. The first-order valence-corrected chi connectivity index (χ1v) is 10.4. The highest BCUT2D eigenvalue weighted by Gasteiger charge is 2.40. The number of benzene rings is 3. The van der Waals surface area contributed by atoms with E-state index in [-0.39, 0.29) is 11.3 Å². The zero-order valence-electron chi connectivity index (χ0n) is 17.6. The number of hydrogen-bond acceptors (Lipinski definition) is 5. The maximum absolute atomic E-state index is 13.5. The highest BCUT2D eigenvalue weighted by atomic mass is 35.5. The van der Waals surface area contributed by atoms with Crippen molar-refractivity contribution < 1.29 is 19.1 Å². The number of imide groups is 1. The van der Waals surface area contributed by atoms with Gasteiger partial charge in [0.15, 0.2) is 0 Å². The van der Waals surface area contributed by atoms with E-state index in [1.807, 2.05) is 19.1 Å². The first kappa shape index (κ1) is 21.5. The van der Waals surface area contributed by atoms with Crippen LogP contribution in [0.15, 0.2) is 78.5 Å². The lowest BCUT2D eigenvalue weighted by molar-refractivity contribution is -0.120. The Labute approximate surface area is 191 Å². The SMILES string of the molecule is CCOc1ccccc1NC1=C(c2ccc(OC)cc2)C(=O)N(c2cccc(Cl)c2)C1=O. The smallest absolute Gasteiger partial charge is 0.282 e. The van der Waals surface area contributed by atoms with E-state index in [1.54, 1.807) is 67.8 Å². The van der Waals surface area contributed by atoms with Crippen molar-refractivity contribution in [1.29, 1.82) is 0 Å². The molecule has 3 aromatic carbocycles. The van der Waals surface area contributed by atoms with E-state index in [0.717, 1.165) is 4.90 Å². The van der Waals surface area contributed by atoms with Gasteiger partial charge < -0.3 is 14.8 Å². The van der Waals surface area contributed by atoms with Crippen LogP contribution in [0.3, 0.4) is 0 Å². The average molecular weight is 449 g/mol. The summed E-state index contributed by atoms with van der Waals surface area (Å²) in [6.07, 6.45) is 0. The summed E-state index contributed by atoms with van der Waals surface area (Å²) in [5, 5.41) is 3.57. The molecule has 4 rings (SSSR count). The van der Waals surface area contributed by atoms with Crippen molar-refractivity contribution in [3.05, 3.63) is 89.1 Å². The van der Waals surface area contributed by atoms with Crippen LogP contribution in [-0.2, 0) is 9.59 Å². The molecule has 0 saturated carbocycles. The number of para-hydroxylation sites is 2. The van der Waals surface area contributed by atoms with Crippen molar-refractivity contribution in [2.75, 3.05) is 23.9 Å². The van der Waals surface area contributed by atoms with Crippen molar-refractivity contribution in [2.45, 2.75) is 6.92 Å². The second-order valence-electron chi connectivity index (χ2n) is 6.96. The highest BCUT2D eigenvalue weighted by molar-refractivity contribution is 6.46. The molecule has 3 aromatic rings. The Morgan fingerprint density at radius 3 is 2.38 bits per heavy atom. The number of rotatable bonds is 7. The van der Waals surface area contributed by atoms with E-state index >= 15 is 0 Å². The zero-order valence-corrected chi connectivity index (χ0v) is 18.3. The molecule has 6 nitrogen and oxygen atoms in total. The van der Waals surface area contributed by atoms with Crippen LogP contribution in [0, 0.1) is 0 Å². The number of hydrogen-bond donors (Lipinski definition) is 1. The number of nitrogens with zero attached hydrogens (tertiary/aromatic N) is 1. The molecule has 1 heterocycles. The highest BCUT2D eigenvalue weighted by Crippen LogP contribution is 2.36. The third-order valence-corrected chi connectivity index (χ3v) is 5.21. The van der Waals surface area contributed by atoms with Crippen LogP contribution in [0.2, 0.25) is 5.02 Å². The first-order valence-electron chi connectivity index (χ1n) is 10.1. The monoisotopic (exact) mass is 448 g/mol. The van der Waals surface area contributed by atoms with Crippen molar-refractivity contribution >= 4 is 40.4 Å². The minimum Gasteiger partial charge on any atom is -0.497 e. The Hall–Kier alpha value is -3.77. The minimum atomic E-state index is -0.477. The number of carbonyl (C=O) groups is 2. The summed E-state index contributed by atoms with van der Waals surface area (Å²) in [5.41, 5.74) is 1.99. The molecule has 0 atom stereocenters. The molecule has 0 bridgehead atoms. The molecule has 2 amide bonds. The molecule has 0 saturated heterocycles. The van der Waals surface area contributed by atoms with Crippen molar-refractivity contribution in [3.8, 4) is 11.5 Å². The second kappa shape index (κ2) is 9.16. The summed E-state index contributed by atoms with van der Waals surface area (Å²) in [5.74, 6) is 0.306. The number of carbonyl (C=O) groups excluding carboxylic acids is 2. The van der Waals surface area contributed by atoms with Gasteiger partial charge in [0.2, 0.25) is 0 Å². The van der Waals surface area contributed by atoms with Crippen LogP contribution >= 0.6 is 11.6 Å². The average Bonchev–Trinajstić information content (AvgIpc) is 3.04. The van der Waals surface area contributed by atoms with E-state index in [1.165, 1.54) is 0 Å². The van der Waals surface area contributed by atoms with Gasteiger partial charge in [0.25, 0.3) is 11.8 Å². The molecule has 0 aromatic heterocycles. The minimum absolute atomic E-state index is 0.160. The Kier molecular flexibility index (Phi) is 6.14. The molecule has 1 aliphatic heterocycles. The van der Waals surface area contributed by atoms with E-state index in [0.29, 0.717) is 40.1 Å². The van der Waals surface area contributed by atoms with Gasteiger partial charge in [-0.2, -0.15) is 0 Å². The summed E-state index contributed by atoms with van der Waals surface area (Å²) in [7, 11) is 1.57. The molecular weight excluding hydrogens is 428 g/mol. The molecule has 162 valence electrons. The van der Waals surface area contributed by atoms with Crippen LogP contribution in [-0.4, -0.2) is 25.5 Å². The van der Waals surface area contributed by atoms with Gasteiger partial charge in [0.05, 0.1) is 30.7 Å². The molecule has 7 heteroatoms. The molecule has 0 radical (unpaired) electrons. The van der Waals surface area contributed by atoms with Crippen LogP contribution < -0.4 is 19.7 Å². The largest absolute Gasteiger partial charge is 0.497 e. The maximum Gasteiger partial charge on any atom is 0.282 e. The van der Waals surface area contributed by atoms with E-state index in [2.05, 4.69) is 5.32 Å². The van der Waals surface area contributed by atoms with Crippen LogP contribution in [0.4, 0.5) is 11.4 Å². The topological polar surface area (TPSA) is 67.9 Å². The van der Waals surface area contributed by atoms with Crippen molar-refractivity contribution in [1.82, 2.24) is 0 Å². The van der Waals surface area contributed by atoms with Crippen LogP contribution in [0.1, 0.15) is 12.5 Å². The predicted molar refractivity (Wildman–Crippen MR) is 125 cm³/mol. The number of methoxy groups -OCH3 is 1. The van der Waals surface area contributed by atoms with Gasteiger partial charge in [-0.25, -0.2) is 4.90 Å². The quantitative estimate of drug-likeness (QED) is 0.506. The Bertz CT molecular complexity index is 1200. The van der Waals surface area contributed by atoms with Gasteiger partial charge in [-0.05, 0) is 55.0 Å². The third kappa shape index (κ3) is 4.05. The normalized spacial score (nSPS) is 13.5. The molecule has 32 heavy (non-hydrogen) atoms. The van der Waals surface area contributed by atoms with Gasteiger partial charge in [0, 0.05) is 5.02 Å². The van der Waals surface area contributed by atoms with Gasteiger partial charge in [-0.3, -0.25) is 9.59 Å². The fourth-order valence-corrected chi connectivity index (χ4v) is 3.69. The van der Waals surface area contributed by atoms with E-state index in [4.69, 9.17) is 21.1 Å². The summed E-state index contributed by atoms with van der Waals surface area (Å²) in [6.45, 7) is 2.34. The predicted octanol–water partition coefficient (Wildman–Crippen LogP) is 5.14. The molecule has 1 aliphatic rings.